The van der Waals surface area contributed by atoms with Crippen molar-refractivity contribution in [2.75, 3.05) is 14.2 Å². The summed E-state index contributed by atoms with van der Waals surface area (Å²) in [6, 6.07) is 13.3. The molecular weight excluding hydrogens is 464 g/mol. The zero-order valence-corrected chi connectivity index (χ0v) is 19.2. The van der Waals surface area contributed by atoms with Gasteiger partial charge in [0.1, 0.15) is 21.6 Å². The van der Waals surface area contributed by atoms with E-state index in [0.29, 0.717) is 11.3 Å². The minimum absolute atomic E-state index is 0.166. The van der Waals surface area contributed by atoms with Crippen molar-refractivity contribution in [2.45, 2.75) is 11.8 Å². The average molecular weight is 484 g/mol. The Morgan fingerprint density at radius 2 is 1.53 bits per heavy atom. The molecule has 10 heteroatoms. The molecule has 176 valence electrons. The number of fused-ring (bicyclic) bond motifs is 1. The van der Waals surface area contributed by atoms with E-state index in [2.05, 4.69) is 0 Å². The summed E-state index contributed by atoms with van der Waals surface area (Å²) in [7, 11) is -1.73. The molecule has 0 amide bonds. The van der Waals surface area contributed by atoms with Crippen LogP contribution in [0, 0.1) is 6.92 Å². The van der Waals surface area contributed by atoms with E-state index in [-0.39, 0.29) is 22.0 Å². The van der Waals surface area contributed by atoms with Crippen molar-refractivity contribution < 1.29 is 36.7 Å². The van der Waals surface area contributed by atoms with Gasteiger partial charge in [0.25, 0.3) is 0 Å². The van der Waals surface area contributed by atoms with Gasteiger partial charge >= 0.3 is 10.1 Å². The van der Waals surface area contributed by atoms with Crippen LogP contribution in [0.1, 0.15) is 5.56 Å². The molecule has 0 radical (unpaired) electrons. The number of phenols is 1. The molecule has 0 aliphatic carbocycles. The summed E-state index contributed by atoms with van der Waals surface area (Å²) in [5.74, 6) is -2.07. The fourth-order valence-corrected chi connectivity index (χ4v) is 4.26. The molecule has 0 fully saturated rings. The third kappa shape index (κ3) is 3.99. The molecule has 9 nitrogen and oxygen atoms in total. The Morgan fingerprint density at radius 3 is 2.12 bits per heavy atom. The Bertz CT molecular complexity index is 1540. The minimum Gasteiger partial charge on any atom is -0.502 e. The fraction of sp³-hybridized carbons (Fsp3) is 0.125. The van der Waals surface area contributed by atoms with Crippen molar-refractivity contribution >= 4 is 21.1 Å². The quantitative estimate of drug-likeness (QED) is 0.390. The number of aryl methyl sites for hydroxylation is 1. The van der Waals surface area contributed by atoms with E-state index >= 15 is 0 Å². The summed E-state index contributed by atoms with van der Waals surface area (Å²) in [6.45, 7) is 1.78. The molecule has 1 aromatic heterocycles. The Balaban J connectivity index is 1.94. The first-order valence-electron chi connectivity index (χ1n) is 9.91. The summed E-state index contributed by atoms with van der Waals surface area (Å²) >= 11 is 0. The Morgan fingerprint density at radius 1 is 0.882 bits per heavy atom. The van der Waals surface area contributed by atoms with Crippen LogP contribution in [0.5, 0.6) is 28.7 Å². The van der Waals surface area contributed by atoms with Crippen LogP contribution < -0.4 is 19.1 Å². The second kappa shape index (κ2) is 8.64. The summed E-state index contributed by atoms with van der Waals surface area (Å²) in [5, 5.41) is 20.7. The number of rotatable bonds is 6. The predicted octanol–water partition coefficient (Wildman–Crippen LogP) is 3.96. The monoisotopic (exact) mass is 484 g/mol. The minimum atomic E-state index is -4.46. The zero-order valence-electron chi connectivity index (χ0n) is 18.4. The van der Waals surface area contributed by atoms with Gasteiger partial charge in [0, 0.05) is 11.6 Å². The number of benzene rings is 3. The number of hydrogen-bond donors (Lipinski definition) is 2. The lowest BCUT2D eigenvalue weighted by atomic mass is 10.1. The van der Waals surface area contributed by atoms with Gasteiger partial charge in [0.05, 0.1) is 14.2 Å². The topological polar surface area (TPSA) is 132 Å². The molecule has 0 bridgehead atoms. The van der Waals surface area contributed by atoms with Crippen molar-refractivity contribution in [1.29, 1.82) is 0 Å². The van der Waals surface area contributed by atoms with Gasteiger partial charge in [-0.1, -0.05) is 17.7 Å². The fourth-order valence-electron chi connectivity index (χ4n) is 3.31. The maximum Gasteiger partial charge on any atom is 0.339 e. The van der Waals surface area contributed by atoms with Crippen LogP contribution in [-0.2, 0) is 10.1 Å². The third-order valence-corrected chi connectivity index (χ3v) is 6.36. The lowest BCUT2D eigenvalue weighted by molar-refractivity contribution is 0.361. The Labute approximate surface area is 194 Å². The van der Waals surface area contributed by atoms with Gasteiger partial charge < -0.3 is 28.3 Å². The van der Waals surface area contributed by atoms with Crippen molar-refractivity contribution in [3.05, 3.63) is 70.4 Å². The molecule has 34 heavy (non-hydrogen) atoms. The van der Waals surface area contributed by atoms with Crippen molar-refractivity contribution in [3.63, 3.8) is 0 Å². The molecule has 0 unspecified atom stereocenters. The van der Waals surface area contributed by atoms with Crippen molar-refractivity contribution in [3.8, 4) is 40.1 Å². The first-order chi connectivity index (χ1) is 16.2. The van der Waals surface area contributed by atoms with Gasteiger partial charge in [-0.3, -0.25) is 4.79 Å². The highest BCUT2D eigenvalue weighted by molar-refractivity contribution is 7.87. The van der Waals surface area contributed by atoms with E-state index in [9.17, 15) is 23.4 Å². The average Bonchev–Trinajstić information content (AvgIpc) is 2.83. The summed E-state index contributed by atoms with van der Waals surface area (Å²) in [5.41, 5.74) is 0.0147. The first kappa shape index (κ1) is 23.0. The SMILES string of the molecule is COc1ccc(-c2oc3cc(OC)c(O)c(OS(=O)(=O)c4ccc(C)cc4)c3c(=O)c2O)cc1. The standard InChI is InChI=1S/C24H20O9S/c1-13-4-10-16(11-5-13)34(28,29)33-24-19-17(12-18(31-3)20(24)25)32-23(22(27)21(19)26)14-6-8-15(30-2)9-7-14/h4-12,25,27H,1-3H3. The molecule has 0 aliphatic rings. The van der Waals surface area contributed by atoms with E-state index in [1.807, 2.05) is 0 Å². The largest absolute Gasteiger partial charge is 0.502 e. The zero-order chi connectivity index (χ0) is 24.6. The van der Waals surface area contributed by atoms with Gasteiger partial charge in [0.15, 0.2) is 11.5 Å². The second-order valence-corrected chi connectivity index (χ2v) is 8.86. The Hall–Kier alpha value is -4.18. The molecule has 4 rings (SSSR count). The molecule has 0 aliphatic heterocycles. The molecule has 0 spiro atoms. The summed E-state index contributed by atoms with van der Waals surface area (Å²) < 4.78 is 46.9. The molecule has 3 aromatic carbocycles. The van der Waals surface area contributed by atoms with Crippen LogP contribution in [-0.4, -0.2) is 32.9 Å². The number of aromatic hydroxyl groups is 2. The van der Waals surface area contributed by atoms with Crippen LogP contribution in [0.15, 0.2) is 68.7 Å². The molecule has 1 heterocycles. The van der Waals surface area contributed by atoms with E-state index in [4.69, 9.17) is 18.1 Å². The number of methoxy groups -OCH3 is 2. The first-order valence-corrected chi connectivity index (χ1v) is 11.3. The van der Waals surface area contributed by atoms with Gasteiger partial charge in [-0.25, -0.2) is 0 Å². The normalized spacial score (nSPS) is 11.4. The van der Waals surface area contributed by atoms with Crippen molar-refractivity contribution in [2.24, 2.45) is 0 Å². The summed E-state index contributed by atoms with van der Waals surface area (Å²) in [4.78, 5) is 12.9. The second-order valence-electron chi connectivity index (χ2n) is 7.32. The lowest BCUT2D eigenvalue weighted by Gasteiger charge is -2.14. The van der Waals surface area contributed by atoms with Crippen LogP contribution >= 0.6 is 0 Å². The highest BCUT2D eigenvalue weighted by Gasteiger charge is 2.28. The molecule has 4 aromatic rings. The number of hydrogen-bond acceptors (Lipinski definition) is 9. The maximum atomic E-state index is 13.1. The van der Waals surface area contributed by atoms with E-state index in [0.717, 1.165) is 5.56 Å². The van der Waals surface area contributed by atoms with Crippen LogP contribution in [0.4, 0.5) is 0 Å². The molecule has 0 atom stereocenters. The van der Waals surface area contributed by atoms with E-state index < -0.39 is 38.2 Å². The molecule has 0 saturated heterocycles. The highest BCUT2D eigenvalue weighted by Crippen LogP contribution is 2.44. The number of ether oxygens (including phenoxy) is 2. The van der Waals surface area contributed by atoms with E-state index in [1.54, 1.807) is 43.3 Å². The smallest absolute Gasteiger partial charge is 0.339 e. The van der Waals surface area contributed by atoms with Gasteiger partial charge in [-0.2, -0.15) is 8.42 Å². The third-order valence-electron chi connectivity index (χ3n) is 5.13. The number of phenolic OH excluding ortho intramolecular Hbond substituents is 1. The molecule has 0 saturated carbocycles. The van der Waals surface area contributed by atoms with Gasteiger partial charge in [-0.15, -0.1) is 0 Å². The molecule has 2 N–H and O–H groups in total. The summed E-state index contributed by atoms with van der Waals surface area (Å²) in [6.07, 6.45) is 0. The Kier molecular flexibility index (Phi) is 5.84. The highest BCUT2D eigenvalue weighted by atomic mass is 32.2. The molecular formula is C24H20O9S. The predicted molar refractivity (Wildman–Crippen MR) is 123 cm³/mol. The van der Waals surface area contributed by atoms with Crippen LogP contribution in [0.25, 0.3) is 22.3 Å². The van der Waals surface area contributed by atoms with Crippen molar-refractivity contribution in [1.82, 2.24) is 0 Å². The van der Waals surface area contributed by atoms with Crippen LogP contribution in [0.2, 0.25) is 0 Å². The van der Waals surface area contributed by atoms with Gasteiger partial charge in [0.2, 0.25) is 22.7 Å². The van der Waals surface area contributed by atoms with Crippen LogP contribution in [0.3, 0.4) is 0 Å². The lowest BCUT2D eigenvalue weighted by Crippen LogP contribution is -2.13. The van der Waals surface area contributed by atoms with Gasteiger partial charge in [-0.05, 0) is 43.3 Å². The van der Waals surface area contributed by atoms with E-state index in [1.165, 1.54) is 32.4 Å². The maximum absolute atomic E-state index is 13.1.